The summed E-state index contributed by atoms with van der Waals surface area (Å²) < 4.78 is 0. The fraction of sp³-hybridized carbons (Fsp3) is 0.400. The summed E-state index contributed by atoms with van der Waals surface area (Å²) in [5, 5.41) is 22.2. The van der Waals surface area contributed by atoms with Crippen LogP contribution in [0.1, 0.15) is 50.5 Å². The molecule has 2 aromatic rings. The van der Waals surface area contributed by atoms with E-state index in [0.717, 1.165) is 35.4 Å². The molecule has 2 fully saturated rings. The van der Waals surface area contributed by atoms with E-state index in [1.54, 1.807) is 13.2 Å². The molecular formula is C30H39N5O2. The normalized spacial score (nSPS) is 20.6. The first-order valence-electron chi connectivity index (χ1n) is 13.2. The molecule has 0 bridgehead atoms. The van der Waals surface area contributed by atoms with Gasteiger partial charge in [0.25, 0.3) is 0 Å². The van der Waals surface area contributed by atoms with Crippen molar-refractivity contribution in [2.75, 3.05) is 12.4 Å². The second kappa shape index (κ2) is 12.1. The number of rotatable bonds is 11. The number of hydrazine groups is 1. The Hall–Kier alpha value is -3.58. The van der Waals surface area contributed by atoms with Crippen LogP contribution in [0.25, 0.3) is 11.1 Å². The fourth-order valence-electron chi connectivity index (χ4n) is 5.51. The van der Waals surface area contributed by atoms with Crippen molar-refractivity contribution >= 4 is 17.9 Å². The zero-order chi connectivity index (χ0) is 26.4. The highest BCUT2D eigenvalue weighted by Crippen LogP contribution is 2.48. The van der Waals surface area contributed by atoms with Crippen LogP contribution in [-0.4, -0.2) is 29.3 Å². The Labute approximate surface area is 219 Å². The number of allylic oxidation sites excluding steroid dienone is 2. The molecule has 0 amide bonds. The molecule has 0 spiro atoms. The van der Waals surface area contributed by atoms with Crippen molar-refractivity contribution < 1.29 is 9.90 Å². The van der Waals surface area contributed by atoms with E-state index in [0.29, 0.717) is 17.8 Å². The number of benzene rings is 2. The average Bonchev–Trinajstić information content (AvgIpc) is 3.69. The Morgan fingerprint density at radius 1 is 1.11 bits per heavy atom. The highest BCUT2D eigenvalue weighted by molar-refractivity contribution is 6.09. The van der Waals surface area contributed by atoms with E-state index in [1.807, 2.05) is 18.2 Å². The summed E-state index contributed by atoms with van der Waals surface area (Å²) >= 11 is 0. The van der Waals surface area contributed by atoms with Gasteiger partial charge in [-0.1, -0.05) is 68.5 Å². The zero-order valence-corrected chi connectivity index (χ0v) is 21.6. The zero-order valence-electron chi connectivity index (χ0n) is 21.6. The number of carboxylic acids is 1. The van der Waals surface area contributed by atoms with Crippen LogP contribution in [0.15, 0.2) is 71.7 Å². The van der Waals surface area contributed by atoms with Gasteiger partial charge in [-0.3, -0.25) is 0 Å². The van der Waals surface area contributed by atoms with E-state index in [4.69, 9.17) is 17.0 Å². The molecular weight excluding hydrogens is 462 g/mol. The fourth-order valence-corrected chi connectivity index (χ4v) is 5.51. The molecule has 0 saturated heterocycles. The Morgan fingerprint density at radius 3 is 2.49 bits per heavy atom. The van der Waals surface area contributed by atoms with Gasteiger partial charge in [0.05, 0.1) is 5.57 Å². The number of anilines is 1. The molecule has 7 heteroatoms. The van der Waals surface area contributed by atoms with Crippen molar-refractivity contribution in [3.05, 3.63) is 77.3 Å². The van der Waals surface area contributed by atoms with Crippen LogP contribution in [0.4, 0.5) is 5.69 Å². The van der Waals surface area contributed by atoms with E-state index in [1.165, 1.54) is 49.1 Å². The highest BCUT2D eigenvalue weighted by Gasteiger charge is 2.44. The first-order valence-corrected chi connectivity index (χ1v) is 13.2. The van der Waals surface area contributed by atoms with Crippen LogP contribution in [0, 0.1) is 23.2 Å². The number of hydrogen-bond acceptors (Lipinski definition) is 6. The van der Waals surface area contributed by atoms with Crippen molar-refractivity contribution in [3.63, 3.8) is 0 Å². The van der Waals surface area contributed by atoms with Crippen LogP contribution >= 0.6 is 0 Å². The molecule has 0 heterocycles. The summed E-state index contributed by atoms with van der Waals surface area (Å²) in [5.74, 6) is 5.28. The Morgan fingerprint density at radius 2 is 1.81 bits per heavy atom. The Bertz CT molecular complexity index is 1180. The summed E-state index contributed by atoms with van der Waals surface area (Å²) in [7, 11) is 1.69. The molecule has 0 radical (unpaired) electrons. The molecule has 196 valence electrons. The van der Waals surface area contributed by atoms with Crippen LogP contribution in [-0.2, 0) is 11.2 Å². The maximum atomic E-state index is 11.9. The third-order valence-electron chi connectivity index (χ3n) is 7.57. The van der Waals surface area contributed by atoms with Crippen molar-refractivity contribution in [2.45, 2.75) is 51.4 Å². The number of nitrogens with zero attached hydrogens (tertiary/aromatic N) is 1. The summed E-state index contributed by atoms with van der Waals surface area (Å²) in [5.41, 5.74) is 11.6. The maximum Gasteiger partial charge on any atom is 0.339 e. The second-order valence-corrected chi connectivity index (χ2v) is 10.5. The van der Waals surface area contributed by atoms with Gasteiger partial charge in [-0.25, -0.2) is 10.6 Å². The third-order valence-corrected chi connectivity index (χ3v) is 7.57. The number of carboxylic acid groups (broad SMARTS) is 1. The van der Waals surface area contributed by atoms with Crippen LogP contribution in [0.2, 0.25) is 0 Å². The lowest BCUT2D eigenvalue weighted by atomic mass is 9.85. The number of aliphatic carboxylic acids is 1. The first kappa shape index (κ1) is 26.5. The predicted octanol–water partition coefficient (Wildman–Crippen LogP) is 5.51. The Balaban J connectivity index is 1.53. The molecule has 4 rings (SSSR count). The van der Waals surface area contributed by atoms with Crippen LogP contribution < -0.4 is 16.9 Å². The molecule has 7 N–H and O–H groups in total. The van der Waals surface area contributed by atoms with Crippen molar-refractivity contribution in [2.24, 2.45) is 29.3 Å². The molecule has 37 heavy (non-hydrogen) atoms. The second-order valence-electron chi connectivity index (χ2n) is 10.5. The minimum atomic E-state index is -1.14. The third kappa shape index (κ3) is 7.01. The van der Waals surface area contributed by atoms with Gasteiger partial charge < -0.3 is 26.6 Å². The van der Waals surface area contributed by atoms with Gasteiger partial charge in [0.1, 0.15) is 0 Å². The maximum absolute atomic E-state index is 11.9. The van der Waals surface area contributed by atoms with Gasteiger partial charge >= 0.3 is 5.97 Å². The van der Waals surface area contributed by atoms with Gasteiger partial charge in [0.15, 0.2) is 0 Å². The molecule has 0 aromatic heterocycles. The minimum absolute atomic E-state index is 0.0215. The van der Waals surface area contributed by atoms with Crippen LogP contribution in [0.3, 0.4) is 0 Å². The molecule has 2 saturated carbocycles. The smallest absolute Gasteiger partial charge is 0.339 e. The van der Waals surface area contributed by atoms with Gasteiger partial charge in [0.2, 0.25) is 0 Å². The molecule has 2 aliphatic rings. The van der Waals surface area contributed by atoms with Crippen LogP contribution in [0.5, 0.6) is 0 Å². The largest absolute Gasteiger partial charge is 0.478 e. The molecule has 2 aliphatic carbocycles. The van der Waals surface area contributed by atoms with Gasteiger partial charge in [-0.15, -0.1) is 0 Å². The van der Waals surface area contributed by atoms with E-state index in [-0.39, 0.29) is 17.4 Å². The summed E-state index contributed by atoms with van der Waals surface area (Å²) in [6.07, 6.45) is 12.5. The molecule has 2 aromatic carbocycles. The molecule has 0 aliphatic heterocycles. The quantitative estimate of drug-likeness (QED) is 0.120. The SMILES string of the molecule is CN(N)/C=C(\N)C1C[C@H]1/C(Nc1cccc(-c2cccc(CCC3CCCCC3)c2)c1)=C(/C=N)C(=O)O. The standard InChI is InChI=1S/C30H39N5O2/c1-35(33)19-28(32)25-17-26(25)29(27(18-31)30(36)37)34-24-12-6-11-23(16-24)22-10-5-9-21(15-22)14-13-20-7-3-2-4-8-20/h5-6,9-12,15-16,18-20,25-26,31,34H,2-4,7-8,13-14,17,32-33H2,1H3,(H,36,37)/b28-19-,29-27+,31-18?/t25?,26-/m1/s1. The summed E-state index contributed by atoms with van der Waals surface area (Å²) in [6.45, 7) is 0. The number of carbonyl (C=O) groups is 1. The van der Waals surface area contributed by atoms with E-state index < -0.39 is 5.97 Å². The monoisotopic (exact) mass is 501 g/mol. The van der Waals surface area contributed by atoms with Crippen molar-refractivity contribution in [1.82, 2.24) is 5.01 Å². The number of hydrogen-bond donors (Lipinski definition) is 5. The van der Waals surface area contributed by atoms with Crippen molar-refractivity contribution in [1.29, 1.82) is 5.41 Å². The number of aryl methyl sites for hydroxylation is 1. The molecule has 2 atom stereocenters. The van der Waals surface area contributed by atoms with Gasteiger partial charge in [-0.2, -0.15) is 0 Å². The van der Waals surface area contributed by atoms with Crippen molar-refractivity contribution in [3.8, 4) is 11.1 Å². The summed E-state index contributed by atoms with van der Waals surface area (Å²) in [4.78, 5) is 11.9. The minimum Gasteiger partial charge on any atom is -0.478 e. The van der Waals surface area contributed by atoms with E-state index in [2.05, 4.69) is 35.6 Å². The van der Waals surface area contributed by atoms with E-state index in [9.17, 15) is 9.90 Å². The molecule has 7 nitrogen and oxygen atoms in total. The van der Waals surface area contributed by atoms with Gasteiger partial charge in [-0.05, 0) is 54.0 Å². The van der Waals surface area contributed by atoms with E-state index >= 15 is 0 Å². The lowest BCUT2D eigenvalue weighted by Crippen LogP contribution is -2.22. The number of nitrogens with two attached hydrogens (primary N) is 2. The lowest BCUT2D eigenvalue weighted by molar-refractivity contribution is -0.132. The number of nitrogens with one attached hydrogen (secondary N) is 2. The highest BCUT2D eigenvalue weighted by atomic mass is 16.4. The Kier molecular flexibility index (Phi) is 8.66. The first-order chi connectivity index (χ1) is 17.9. The topological polar surface area (TPSA) is 128 Å². The lowest BCUT2D eigenvalue weighted by Gasteiger charge is -2.21. The molecule has 1 unspecified atom stereocenters. The average molecular weight is 502 g/mol. The van der Waals surface area contributed by atoms with Gasteiger partial charge in [0, 0.05) is 48.4 Å². The predicted molar refractivity (Wildman–Crippen MR) is 150 cm³/mol. The summed E-state index contributed by atoms with van der Waals surface area (Å²) in [6, 6.07) is 16.7.